The highest BCUT2D eigenvalue weighted by molar-refractivity contribution is 6.39. The standard InChI is InChI=1S/C14H17NO3/c16-10-7-15-11-8(12(17)13(15)18)4-6-14(10)5-2-1-3-9(11)14/h8-9,11H,1-7H2. The number of nitrogens with zero attached hydrogens (tertiary/aromatic N) is 1. The second-order valence-corrected chi connectivity index (χ2v) is 6.36. The van der Waals surface area contributed by atoms with E-state index >= 15 is 0 Å². The molecule has 4 rings (SSSR count). The zero-order chi connectivity index (χ0) is 12.5. The molecular weight excluding hydrogens is 230 g/mol. The maximum absolute atomic E-state index is 12.5. The average molecular weight is 247 g/mol. The molecule has 18 heavy (non-hydrogen) atoms. The Bertz CT molecular complexity index is 472. The van der Waals surface area contributed by atoms with Gasteiger partial charge in [0.25, 0.3) is 5.91 Å². The number of Topliss-reactive ketones (excluding diaryl/α,β-unsaturated/α-hetero) is 2. The van der Waals surface area contributed by atoms with E-state index in [0.29, 0.717) is 0 Å². The molecule has 96 valence electrons. The number of ketones is 2. The Morgan fingerprint density at radius 2 is 1.89 bits per heavy atom. The highest BCUT2D eigenvalue weighted by Gasteiger charge is 2.65. The largest absolute Gasteiger partial charge is 0.325 e. The molecular formula is C14H17NO3. The molecule has 2 bridgehead atoms. The minimum absolute atomic E-state index is 0.0525. The van der Waals surface area contributed by atoms with Crippen LogP contribution in [0.3, 0.4) is 0 Å². The second kappa shape index (κ2) is 3.22. The summed E-state index contributed by atoms with van der Waals surface area (Å²) < 4.78 is 0. The van der Waals surface area contributed by atoms with E-state index in [1.54, 1.807) is 4.90 Å². The molecule has 0 spiro atoms. The van der Waals surface area contributed by atoms with Gasteiger partial charge in [-0.1, -0.05) is 12.8 Å². The third kappa shape index (κ3) is 1.01. The van der Waals surface area contributed by atoms with Crippen LogP contribution in [0, 0.1) is 17.3 Å². The van der Waals surface area contributed by atoms with Crippen LogP contribution in [0.15, 0.2) is 0 Å². The maximum atomic E-state index is 12.5. The summed E-state index contributed by atoms with van der Waals surface area (Å²) in [6.45, 7) is 0.197. The van der Waals surface area contributed by atoms with E-state index in [2.05, 4.69) is 0 Å². The van der Waals surface area contributed by atoms with Gasteiger partial charge >= 0.3 is 0 Å². The molecule has 4 fully saturated rings. The van der Waals surface area contributed by atoms with Gasteiger partial charge in [-0.3, -0.25) is 14.4 Å². The van der Waals surface area contributed by atoms with Crippen molar-refractivity contribution in [3.05, 3.63) is 0 Å². The van der Waals surface area contributed by atoms with Crippen molar-refractivity contribution < 1.29 is 14.4 Å². The van der Waals surface area contributed by atoms with Crippen molar-refractivity contribution in [1.82, 2.24) is 4.90 Å². The van der Waals surface area contributed by atoms with Gasteiger partial charge in [0, 0.05) is 17.4 Å². The maximum Gasteiger partial charge on any atom is 0.291 e. The Morgan fingerprint density at radius 3 is 2.72 bits per heavy atom. The average Bonchev–Trinajstić information content (AvgIpc) is 2.65. The molecule has 2 heterocycles. The first-order valence-electron chi connectivity index (χ1n) is 7.03. The van der Waals surface area contributed by atoms with Crippen LogP contribution in [-0.2, 0) is 14.4 Å². The van der Waals surface area contributed by atoms with Crippen molar-refractivity contribution in [1.29, 1.82) is 0 Å². The van der Waals surface area contributed by atoms with Crippen molar-refractivity contribution >= 4 is 17.5 Å². The molecule has 2 saturated carbocycles. The van der Waals surface area contributed by atoms with Gasteiger partial charge < -0.3 is 4.90 Å². The molecule has 4 nitrogen and oxygen atoms in total. The number of amides is 1. The van der Waals surface area contributed by atoms with Crippen molar-refractivity contribution in [2.45, 2.75) is 44.6 Å². The van der Waals surface area contributed by atoms with Crippen molar-refractivity contribution in [3.63, 3.8) is 0 Å². The summed E-state index contributed by atoms with van der Waals surface area (Å²) in [6.07, 6.45) is 5.85. The number of carbonyl (C=O) groups excluding carboxylic acids is 3. The fourth-order valence-electron chi connectivity index (χ4n) is 5.07. The van der Waals surface area contributed by atoms with E-state index in [9.17, 15) is 14.4 Å². The third-order valence-corrected chi connectivity index (χ3v) is 5.86. The van der Waals surface area contributed by atoms with Gasteiger partial charge in [-0.15, -0.1) is 0 Å². The van der Waals surface area contributed by atoms with Gasteiger partial charge in [-0.05, 0) is 31.6 Å². The lowest BCUT2D eigenvalue weighted by Gasteiger charge is -2.56. The van der Waals surface area contributed by atoms with Crippen LogP contribution in [0.1, 0.15) is 38.5 Å². The summed E-state index contributed by atoms with van der Waals surface area (Å²) in [6, 6.07) is 0.0525. The normalized spacial score (nSPS) is 46.3. The molecule has 2 aliphatic carbocycles. The van der Waals surface area contributed by atoms with Gasteiger partial charge in [0.05, 0.1) is 6.54 Å². The first-order chi connectivity index (χ1) is 8.65. The van der Waals surface area contributed by atoms with Gasteiger partial charge in [0.1, 0.15) is 0 Å². The lowest BCUT2D eigenvalue weighted by Crippen LogP contribution is -2.62. The summed E-state index contributed by atoms with van der Waals surface area (Å²) in [4.78, 5) is 38.1. The quantitative estimate of drug-likeness (QED) is 0.598. The van der Waals surface area contributed by atoms with Crippen LogP contribution in [0.4, 0.5) is 0 Å². The zero-order valence-corrected chi connectivity index (χ0v) is 10.4. The molecule has 4 heteroatoms. The Hall–Kier alpha value is -1.19. The minimum atomic E-state index is -0.389. The highest BCUT2D eigenvalue weighted by atomic mass is 16.2. The van der Waals surface area contributed by atoms with Crippen LogP contribution < -0.4 is 0 Å². The summed E-state index contributed by atoms with van der Waals surface area (Å²) in [5, 5.41) is 0. The Morgan fingerprint density at radius 1 is 1.06 bits per heavy atom. The van der Waals surface area contributed by atoms with E-state index < -0.39 is 0 Å². The number of hydrogen-bond acceptors (Lipinski definition) is 3. The van der Waals surface area contributed by atoms with Crippen molar-refractivity contribution in [2.24, 2.45) is 17.3 Å². The highest BCUT2D eigenvalue weighted by Crippen LogP contribution is 2.58. The van der Waals surface area contributed by atoms with Crippen molar-refractivity contribution in [3.8, 4) is 0 Å². The van der Waals surface area contributed by atoms with Gasteiger partial charge in [0.2, 0.25) is 5.78 Å². The monoisotopic (exact) mass is 247 g/mol. The third-order valence-electron chi connectivity index (χ3n) is 5.86. The van der Waals surface area contributed by atoms with E-state index in [1.807, 2.05) is 0 Å². The molecule has 4 unspecified atom stereocenters. The molecule has 1 amide bonds. The van der Waals surface area contributed by atoms with Crippen LogP contribution in [0.2, 0.25) is 0 Å². The molecule has 0 aromatic heterocycles. The van der Waals surface area contributed by atoms with Gasteiger partial charge in [-0.2, -0.15) is 0 Å². The predicted octanol–water partition coefficient (Wildman–Crippen LogP) is 0.936. The minimum Gasteiger partial charge on any atom is -0.325 e. The van der Waals surface area contributed by atoms with Crippen LogP contribution in [-0.4, -0.2) is 35.0 Å². The number of hydrogen-bond donors (Lipinski definition) is 0. The smallest absolute Gasteiger partial charge is 0.291 e. The molecule has 4 aliphatic rings. The zero-order valence-electron chi connectivity index (χ0n) is 10.4. The Balaban J connectivity index is 1.85. The fourth-order valence-corrected chi connectivity index (χ4v) is 5.07. The van der Waals surface area contributed by atoms with E-state index in [-0.39, 0.29) is 47.3 Å². The number of rotatable bonds is 0. The summed E-state index contributed by atoms with van der Waals surface area (Å²) in [7, 11) is 0. The molecule has 4 atom stereocenters. The van der Waals surface area contributed by atoms with E-state index in [0.717, 1.165) is 38.5 Å². The Kier molecular flexibility index (Phi) is 1.92. The summed E-state index contributed by atoms with van der Waals surface area (Å²) in [5.41, 5.74) is -0.180. The van der Waals surface area contributed by atoms with Crippen LogP contribution in [0.5, 0.6) is 0 Å². The van der Waals surface area contributed by atoms with Crippen LogP contribution in [0.25, 0.3) is 0 Å². The van der Waals surface area contributed by atoms with Crippen molar-refractivity contribution in [2.75, 3.05) is 6.54 Å². The predicted molar refractivity (Wildman–Crippen MR) is 62.6 cm³/mol. The topological polar surface area (TPSA) is 54.5 Å². The lowest BCUT2D eigenvalue weighted by atomic mass is 9.52. The number of carbonyl (C=O) groups is 3. The summed E-state index contributed by atoms with van der Waals surface area (Å²) in [5.74, 6) is -0.235. The second-order valence-electron chi connectivity index (χ2n) is 6.36. The Labute approximate surface area is 106 Å². The first kappa shape index (κ1) is 10.7. The molecule has 0 aromatic carbocycles. The van der Waals surface area contributed by atoms with E-state index in [1.165, 1.54) is 0 Å². The molecule has 0 radical (unpaired) electrons. The first-order valence-corrected chi connectivity index (χ1v) is 7.03. The molecule has 0 aromatic rings. The van der Waals surface area contributed by atoms with E-state index in [4.69, 9.17) is 0 Å². The lowest BCUT2D eigenvalue weighted by molar-refractivity contribution is -0.158. The fraction of sp³-hybridized carbons (Fsp3) is 0.786. The van der Waals surface area contributed by atoms with Gasteiger partial charge in [-0.25, -0.2) is 0 Å². The molecule has 0 N–H and O–H groups in total. The van der Waals surface area contributed by atoms with Crippen LogP contribution >= 0.6 is 0 Å². The van der Waals surface area contributed by atoms with Gasteiger partial charge in [0.15, 0.2) is 5.78 Å². The summed E-state index contributed by atoms with van der Waals surface area (Å²) >= 11 is 0. The SMILES string of the molecule is O=C1C(=O)N2CC(=O)C34CCCCC3C2C1CC4. The molecule has 2 aliphatic heterocycles. The number of piperidine rings is 1. The molecule has 2 saturated heterocycles.